The Morgan fingerprint density at radius 2 is 2.00 bits per heavy atom. The zero-order valence-electron chi connectivity index (χ0n) is 12.4. The molecule has 2 rings (SSSR count). The number of nitrogens with zero attached hydrogens (tertiary/aromatic N) is 1. The number of hydrogen-bond donors (Lipinski definition) is 2. The van der Waals surface area contributed by atoms with E-state index < -0.39 is 17.8 Å². The summed E-state index contributed by atoms with van der Waals surface area (Å²) in [5, 5.41) is 5.21. The molecule has 1 aromatic carbocycles. The lowest BCUT2D eigenvalue weighted by Crippen LogP contribution is -2.36. The van der Waals surface area contributed by atoms with Crippen LogP contribution in [0.4, 0.5) is 18.0 Å². The fourth-order valence-corrected chi connectivity index (χ4v) is 2.76. The van der Waals surface area contributed by atoms with E-state index in [-0.39, 0.29) is 18.5 Å². The molecular formula is C15H16F3N3OS. The first-order valence-electron chi connectivity index (χ1n) is 6.93. The number of benzene rings is 1. The molecule has 0 saturated heterocycles. The number of carbonyl (C=O) groups is 1. The van der Waals surface area contributed by atoms with E-state index in [9.17, 15) is 18.0 Å². The number of alkyl halides is 3. The summed E-state index contributed by atoms with van der Waals surface area (Å²) in [5.41, 5.74) is 2.05. The van der Waals surface area contributed by atoms with Crippen LogP contribution in [0, 0.1) is 6.92 Å². The van der Waals surface area contributed by atoms with E-state index >= 15 is 0 Å². The quantitative estimate of drug-likeness (QED) is 0.873. The summed E-state index contributed by atoms with van der Waals surface area (Å²) in [6.45, 7) is 2.32. The fraction of sp³-hybridized carbons (Fsp3) is 0.333. The zero-order chi connectivity index (χ0) is 16.9. The first kappa shape index (κ1) is 17.3. The summed E-state index contributed by atoms with van der Waals surface area (Å²) >= 11 is 1.44. The molecule has 0 unspecified atom stereocenters. The molecule has 4 nitrogen and oxygen atoms in total. The highest BCUT2D eigenvalue weighted by Gasteiger charge is 2.32. The Hall–Kier alpha value is -2.09. The molecule has 1 heterocycles. The van der Waals surface area contributed by atoms with Crippen molar-refractivity contribution >= 4 is 17.4 Å². The average molecular weight is 343 g/mol. The summed E-state index contributed by atoms with van der Waals surface area (Å²) in [6.07, 6.45) is -4.27. The SMILES string of the molecule is Cc1ncsc1CNC(=O)NCCc1ccccc1C(F)(F)F. The molecule has 0 fully saturated rings. The standard InChI is InChI=1S/C15H16F3N3OS/c1-10-13(23-9-21-10)8-20-14(22)19-7-6-11-4-2-3-5-12(11)15(16,17)18/h2-5,9H,6-8H2,1H3,(H2,19,20,22). The van der Waals surface area contributed by atoms with Gasteiger partial charge in [0.25, 0.3) is 0 Å². The lowest BCUT2D eigenvalue weighted by molar-refractivity contribution is -0.138. The number of halogens is 3. The van der Waals surface area contributed by atoms with Crippen molar-refractivity contribution in [2.24, 2.45) is 0 Å². The van der Waals surface area contributed by atoms with Crippen molar-refractivity contribution in [2.75, 3.05) is 6.54 Å². The highest BCUT2D eigenvalue weighted by Crippen LogP contribution is 2.31. The number of aryl methyl sites for hydroxylation is 1. The average Bonchev–Trinajstić information content (AvgIpc) is 2.90. The van der Waals surface area contributed by atoms with Crippen LogP contribution in [0.5, 0.6) is 0 Å². The summed E-state index contributed by atoms with van der Waals surface area (Å²) < 4.78 is 38.5. The molecule has 2 N–H and O–H groups in total. The topological polar surface area (TPSA) is 54.0 Å². The molecule has 0 saturated carbocycles. The van der Waals surface area contributed by atoms with E-state index in [1.54, 1.807) is 11.6 Å². The van der Waals surface area contributed by atoms with Crippen molar-refractivity contribution in [3.05, 3.63) is 51.5 Å². The third kappa shape index (κ3) is 4.95. The molecule has 0 radical (unpaired) electrons. The van der Waals surface area contributed by atoms with Gasteiger partial charge < -0.3 is 10.6 Å². The Morgan fingerprint density at radius 1 is 1.26 bits per heavy atom. The molecule has 0 aliphatic rings. The number of carbonyl (C=O) groups excluding carboxylic acids is 1. The maximum Gasteiger partial charge on any atom is 0.416 e. The van der Waals surface area contributed by atoms with Crippen molar-refractivity contribution in [2.45, 2.75) is 26.1 Å². The number of amides is 2. The van der Waals surface area contributed by atoms with Gasteiger partial charge >= 0.3 is 12.2 Å². The molecule has 23 heavy (non-hydrogen) atoms. The van der Waals surface area contributed by atoms with Crippen LogP contribution in [0.3, 0.4) is 0 Å². The van der Waals surface area contributed by atoms with Crippen molar-refractivity contribution in [1.82, 2.24) is 15.6 Å². The third-order valence-electron chi connectivity index (χ3n) is 3.26. The lowest BCUT2D eigenvalue weighted by atomic mass is 10.0. The number of nitrogens with one attached hydrogen (secondary N) is 2. The molecule has 2 aromatic rings. The molecule has 1 aromatic heterocycles. The number of rotatable bonds is 5. The second-order valence-electron chi connectivity index (χ2n) is 4.88. The van der Waals surface area contributed by atoms with Gasteiger partial charge in [0.1, 0.15) is 0 Å². The van der Waals surface area contributed by atoms with E-state index in [0.717, 1.165) is 16.6 Å². The highest BCUT2D eigenvalue weighted by molar-refractivity contribution is 7.09. The maximum atomic E-state index is 12.8. The Balaban J connectivity index is 1.81. The molecule has 0 bridgehead atoms. The zero-order valence-corrected chi connectivity index (χ0v) is 13.2. The van der Waals surface area contributed by atoms with E-state index in [0.29, 0.717) is 6.54 Å². The molecular weight excluding hydrogens is 327 g/mol. The summed E-state index contributed by atoms with van der Waals surface area (Å²) in [6, 6.07) is 4.95. The van der Waals surface area contributed by atoms with Gasteiger partial charge in [-0.25, -0.2) is 9.78 Å². The predicted octanol–water partition coefficient (Wildman–Crippen LogP) is 3.51. The normalized spacial score (nSPS) is 11.3. The molecule has 2 amide bonds. The summed E-state index contributed by atoms with van der Waals surface area (Å²) in [4.78, 5) is 16.7. The van der Waals surface area contributed by atoms with E-state index in [4.69, 9.17) is 0 Å². The van der Waals surface area contributed by atoms with Crippen molar-refractivity contribution in [3.63, 3.8) is 0 Å². The molecule has 8 heteroatoms. The Labute approximate surface area is 135 Å². The van der Waals surface area contributed by atoms with Gasteiger partial charge in [0, 0.05) is 11.4 Å². The first-order valence-corrected chi connectivity index (χ1v) is 7.81. The second-order valence-corrected chi connectivity index (χ2v) is 5.81. The fourth-order valence-electron chi connectivity index (χ4n) is 2.04. The first-order chi connectivity index (χ1) is 10.9. The van der Waals surface area contributed by atoms with Crippen molar-refractivity contribution in [3.8, 4) is 0 Å². The molecule has 0 atom stereocenters. The Morgan fingerprint density at radius 3 is 2.65 bits per heavy atom. The van der Waals surface area contributed by atoms with Gasteiger partial charge in [-0.1, -0.05) is 18.2 Å². The number of aromatic nitrogens is 1. The Kier molecular flexibility index (Phi) is 5.59. The molecule has 0 spiro atoms. The van der Waals surface area contributed by atoms with Crippen molar-refractivity contribution in [1.29, 1.82) is 0 Å². The van der Waals surface area contributed by atoms with Crippen LogP contribution in [-0.2, 0) is 19.1 Å². The van der Waals surface area contributed by atoms with Crippen LogP contribution < -0.4 is 10.6 Å². The minimum atomic E-state index is -4.39. The van der Waals surface area contributed by atoms with Crippen LogP contribution in [-0.4, -0.2) is 17.6 Å². The van der Waals surface area contributed by atoms with Gasteiger partial charge in [-0.05, 0) is 25.0 Å². The second kappa shape index (κ2) is 7.45. The van der Waals surface area contributed by atoms with E-state index in [1.165, 1.54) is 23.5 Å². The van der Waals surface area contributed by atoms with Crippen molar-refractivity contribution < 1.29 is 18.0 Å². The Bertz CT molecular complexity index is 670. The molecule has 0 aliphatic heterocycles. The monoisotopic (exact) mass is 343 g/mol. The van der Waals surface area contributed by atoms with Gasteiger partial charge in [0.15, 0.2) is 0 Å². The van der Waals surface area contributed by atoms with Gasteiger partial charge in [0.2, 0.25) is 0 Å². The number of hydrogen-bond acceptors (Lipinski definition) is 3. The minimum absolute atomic E-state index is 0.114. The van der Waals surface area contributed by atoms with Gasteiger partial charge in [0.05, 0.1) is 23.3 Å². The molecule has 0 aliphatic carbocycles. The minimum Gasteiger partial charge on any atom is -0.338 e. The van der Waals surface area contributed by atoms with Crippen LogP contribution in [0.15, 0.2) is 29.8 Å². The van der Waals surface area contributed by atoms with E-state index in [2.05, 4.69) is 15.6 Å². The highest BCUT2D eigenvalue weighted by atomic mass is 32.1. The van der Waals surface area contributed by atoms with Gasteiger partial charge in [-0.3, -0.25) is 0 Å². The summed E-state index contributed by atoms with van der Waals surface area (Å²) in [5.74, 6) is 0. The van der Waals surface area contributed by atoms with Crippen LogP contribution in [0.2, 0.25) is 0 Å². The van der Waals surface area contributed by atoms with Crippen LogP contribution in [0.1, 0.15) is 21.7 Å². The lowest BCUT2D eigenvalue weighted by Gasteiger charge is -2.13. The molecule has 124 valence electrons. The maximum absolute atomic E-state index is 12.8. The number of thiazole rings is 1. The smallest absolute Gasteiger partial charge is 0.338 e. The summed E-state index contributed by atoms with van der Waals surface area (Å²) in [7, 11) is 0. The predicted molar refractivity (Wildman–Crippen MR) is 82.2 cm³/mol. The van der Waals surface area contributed by atoms with Crippen LogP contribution >= 0.6 is 11.3 Å². The van der Waals surface area contributed by atoms with E-state index in [1.807, 2.05) is 6.92 Å². The van der Waals surface area contributed by atoms with Crippen LogP contribution in [0.25, 0.3) is 0 Å². The third-order valence-corrected chi connectivity index (χ3v) is 4.19. The number of urea groups is 1. The van der Waals surface area contributed by atoms with Gasteiger partial charge in [-0.15, -0.1) is 11.3 Å². The largest absolute Gasteiger partial charge is 0.416 e. The van der Waals surface area contributed by atoms with Gasteiger partial charge in [-0.2, -0.15) is 13.2 Å².